The molecule has 0 spiro atoms. The first kappa shape index (κ1) is 20.0. The van der Waals surface area contributed by atoms with E-state index in [0.29, 0.717) is 0 Å². The molecule has 28 heavy (non-hydrogen) atoms. The minimum atomic E-state index is -3.85. The van der Waals surface area contributed by atoms with Gasteiger partial charge < -0.3 is 5.32 Å². The van der Waals surface area contributed by atoms with Crippen molar-refractivity contribution in [3.05, 3.63) is 72.6 Å². The molecule has 7 heteroatoms. The third kappa shape index (κ3) is 4.74. The third-order valence-electron chi connectivity index (χ3n) is 4.45. The van der Waals surface area contributed by atoms with Crippen LogP contribution in [0.5, 0.6) is 0 Å². The van der Waals surface area contributed by atoms with Crippen LogP contribution >= 0.6 is 0 Å². The number of sulfonamides is 1. The molecular formula is C21H23N3O3S. The minimum Gasteiger partial charge on any atom is -0.351 e. The van der Waals surface area contributed by atoms with Gasteiger partial charge in [0, 0.05) is 18.9 Å². The van der Waals surface area contributed by atoms with Gasteiger partial charge in [0.25, 0.3) is 0 Å². The van der Waals surface area contributed by atoms with E-state index < -0.39 is 16.1 Å². The molecule has 0 saturated carbocycles. The standard InChI is InChI=1S/C21H23N3O3S/c1-15(2)20(21(25)23-14-16-6-5-11-22-13-16)24-28(26,27)19-10-9-17-7-3-4-8-18(17)12-19/h3-13,15,20,24H,14H2,1-2H3,(H,23,25). The van der Waals surface area contributed by atoms with Crippen molar-refractivity contribution in [1.29, 1.82) is 0 Å². The Labute approximate surface area is 165 Å². The van der Waals surface area contributed by atoms with Crippen LogP contribution in [0.1, 0.15) is 19.4 Å². The van der Waals surface area contributed by atoms with Crippen LogP contribution in [-0.4, -0.2) is 25.4 Å². The first-order valence-corrected chi connectivity index (χ1v) is 10.5. The highest BCUT2D eigenvalue weighted by Gasteiger charge is 2.28. The molecule has 1 unspecified atom stereocenters. The van der Waals surface area contributed by atoms with Gasteiger partial charge in [-0.25, -0.2) is 8.42 Å². The zero-order valence-corrected chi connectivity index (χ0v) is 16.6. The SMILES string of the molecule is CC(C)C(NS(=O)(=O)c1ccc2ccccc2c1)C(=O)NCc1cccnc1. The monoisotopic (exact) mass is 397 g/mol. The molecule has 0 fully saturated rings. The second-order valence-electron chi connectivity index (χ2n) is 6.93. The van der Waals surface area contributed by atoms with Crippen LogP contribution in [0.15, 0.2) is 71.9 Å². The van der Waals surface area contributed by atoms with Gasteiger partial charge in [-0.15, -0.1) is 0 Å². The fraction of sp³-hybridized carbons (Fsp3) is 0.238. The average molecular weight is 398 g/mol. The van der Waals surface area contributed by atoms with Gasteiger partial charge in [-0.2, -0.15) is 4.72 Å². The lowest BCUT2D eigenvalue weighted by molar-refractivity contribution is -0.123. The van der Waals surface area contributed by atoms with E-state index in [1.54, 1.807) is 50.5 Å². The molecule has 0 bridgehead atoms. The van der Waals surface area contributed by atoms with Gasteiger partial charge in [-0.3, -0.25) is 9.78 Å². The number of pyridine rings is 1. The lowest BCUT2D eigenvalue weighted by Gasteiger charge is -2.21. The topological polar surface area (TPSA) is 88.2 Å². The normalized spacial score (nSPS) is 12.8. The molecule has 0 aliphatic heterocycles. The molecular weight excluding hydrogens is 374 g/mol. The number of amides is 1. The summed E-state index contributed by atoms with van der Waals surface area (Å²) < 4.78 is 28.3. The maximum atomic E-state index is 12.9. The van der Waals surface area contributed by atoms with Crippen molar-refractivity contribution in [1.82, 2.24) is 15.0 Å². The Morgan fingerprint density at radius 1 is 1.04 bits per heavy atom. The number of rotatable bonds is 7. The van der Waals surface area contributed by atoms with Gasteiger partial charge in [0.1, 0.15) is 6.04 Å². The molecule has 0 radical (unpaired) electrons. The summed E-state index contributed by atoms with van der Waals surface area (Å²) in [6, 6.07) is 15.2. The summed E-state index contributed by atoms with van der Waals surface area (Å²) in [6.07, 6.45) is 3.31. The van der Waals surface area contributed by atoms with Gasteiger partial charge in [0.15, 0.2) is 0 Å². The van der Waals surface area contributed by atoms with Crippen LogP contribution < -0.4 is 10.0 Å². The summed E-state index contributed by atoms with van der Waals surface area (Å²) in [5.41, 5.74) is 0.843. The Morgan fingerprint density at radius 2 is 1.79 bits per heavy atom. The molecule has 1 amide bonds. The molecule has 146 valence electrons. The summed E-state index contributed by atoms with van der Waals surface area (Å²) >= 11 is 0. The number of benzene rings is 2. The summed E-state index contributed by atoms with van der Waals surface area (Å²) in [7, 11) is -3.85. The quantitative estimate of drug-likeness (QED) is 0.642. The van der Waals surface area contributed by atoms with Crippen molar-refractivity contribution in [2.45, 2.75) is 31.3 Å². The van der Waals surface area contributed by atoms with Crippen LogP contribution in [0, 0.1) is 5.92 Å². The number of fused-ring (bicyclic) bond motifs is 1. The molecule has 6 nitrogen and oxygen atoms in total. The molecule has 2 N–H and O–H groups in total. The molecule has 1 heterocycles. The summed E-state index contributed by atoms with van der Waals surface area (Å²) in [4.78, 5) is 16.8. The fourth-order valence-electron chi connectivity index (χ4n) is 2.86. The molecule has 0 saturated heterocycles. The maximum absolute atomic E-state index is 12.9. The number of hydrogen-bond donors (Lipinski definition) is 2. The average Bonchev–Trinajstić information content (AvgIpc) is 2.70. The van der Waals surface area contributed by atoms with E-state index in [0.717, 1.165) is 16.3 Å². The third-order valence-corrected chi connectivity index (χ3v) is 5.89. The molecule has 3 rings (SSSR count). The second kappa shape index (κ2) is 8.50. The molecule has 3 aromatic rings. The van der Waals surface area contributed by atoms with Crippen LogP contribution in [0.25, 0.3) is 10.8 Å². The lowest BCUT2D eigenvalue weighted by atomic mass is 10.0. The fourth-order valence-corrected chi connectivity index (χ4v) is 4.24. The van der Waals surface area contributed by atoms with E-state index >= 15 is 0 Å². The van der Waals surface area contributed by atoms with Crippen molar-refractivity contribution >= 4 is 26.7 Å². The number of aromatic nitrogens is 1. The lowest BCUT2D eigenvalue weighted by Crippen LogP contribution is -2.49. The van der Waals surface area contributed by atoms with Crippen LogP contribution in [0.3, 0.4) is 0 Å². The first-order chi connectivity index (χ1) is 13.4. The Hall–Kier alpha value is -2.77. The van der Waals surface area contributed by atoms with E-state index in [9.17, 15) is 13.2 Å². The highest BCUT2D eigenvalue weighted by molar-refractivity contribution is 7.89. The van der Waals surface area contributed by atoms with Crippen LogP contribution in [-0.2, 0) is 21.4 Å². The van der Waals surface area contributed by atoms with E-state index in [2.05, 4.69) is 15.0 Å². The largest absolute Gasteiger partial charge is 0.351 e. The highest BCUT2D eigenvalue weighted by Crippen LogP contribution is 2.19. The zero-order valence-electron chi connectivity index (χ0n) is 15.8. The molecule has 1 atom stereocenters. The predicted octanol–water partition coefficient (Wildman–Crippen LogP) is 2.85. The number of carbonyl (C=O) groups excluding carboxylic acids is 1. The zero-order chi connectivity index (χ0) is 20.1. The summed E-state index contributed by atoms with van der Waals surface area (Å²) in [5, 5.41) is 4.56. The first-order valence-electron chi connectivity index (χ1n) is 9.04. The van der Waals surface area contributed by atoms with Crippen LogP contribution in [0.4, 0.5) is 0 Å². The van der Waals surface area contributed by atoms with E-state index in [1.165, 1.54) is 0 Å². The Bertz CT molecular complexity index is 1070. The number of hydrogen-bond acceptors (Lipinski definition) is 4. The minimum absolute atomic E-state index is 0.136. The Balaban J connectivity index is 1.77. The number of nitrogens with zero attached hydrogens (tertiary/aromatic N) is 1. The molecule has 0 aliphatic rings. The van der Waals surface area contributed by atoms with Crippen molar-refractivity contribution in [2.24, 2.45) is 5.92 Å². The molecule has 1 aromatic heterocycles. The number of carbonyl (C=O) groups is 1. The van der Waals surface area contributed by atoms with E-state index in [1.807, 2.05) is 30.3 Å². The van der Waals surface area contributed by atoms with Gasteiger partial charge in [-0.05, 0) is 40.5 Å². The second-order valence-corrected chi connectivity index (χ2v) is 8.64. The van der Waals surface area contributed by atoms with Gasteiger partial charge >= 0.3 is 0 Å². The van der Waals surface area contributed by atoms with E-state index in [4.69, 9.17) is 0 Å². The summed E-state index contributed by atoms with van der Waals surface area (Å²) in [6.45, 7) is 3.89. The van der Waals surface area contributed by atoms with Gasteiger partial charge in [0.2, 0.25) is 15.9 Å². The van der Waals surface area contributed by atoms with Crippen molar-refractivity contribution < 1.29 is 13.2 Å². The maximum Gasteiger partial charge on any atom is 0.241 e. The van der Waals surface area contributed by atoms with Crippen molar-refractivity contribution in [3.8, 4) is 0 Å². The summed E-state index contributed by atoms with van der Waals surface area (Å²) in [5.74, 6) is -0.590. The molecule has 2 aromatic carbocycles. The van der Waals surface area contributed by atoms with Crippen LogP contribution in [0.2, 0.25) is 0 Å². The smallest absolute Gasteiger partial charge is 0.241 e. The number of nitrogens with one attached hydrogen (secondary N) is 2. The Morgan fingerprint density at radius 3 is 2.46 bits per heavy atom. The Kier molecular flexibility index (Phi) is 6.06. The van der Waals surface area contributed by atoms with Crippen molar-refractivity contribution in [3.63, 3.8) is 0 Å². The van der Waals surface area contributed by atoms with E-state index in [-0.39, 0.29) is 23.3 Å². The van der Waals surface area contributed by atoms with Gasteiger partial charge in [0.05, 0.1) is 4.90 Å². The van der Waals surface area contributed by atoms with Crippen molar-refractivity contribution in [2.75, 3.05) is 0 Å². The predicted molar refractivity (Wildman–Crippen MR) is 109 cm³/mol. The highest BCUT2D eigenvalue weighted by atomic mass is 32.2. The van der Waals surface area contributed by atoms with Gasteiger partial charge in [-0.1, -0.05) is 50.2 Å². The molecule has 0 aliphatic carbocycles.